The van der Waals surface area contributed by atoms with Crippen LogP contribution in [0.15, 0.2) is 24.8 Å². The Balaban J connectivity index is 3.25. The van der Waals surface area contributed by atoms with E-state index < -0.39 is 0 Å². The zero-order valence-corrected chi connectivity index (χ0v) is 8.00. The Hall–Kier alpha value is -0.820. The molecule has 0 heterocycles. The highest BCUT2D eigenvalue weighted by Gasteiger charge is 1.94. The lowest BCUT2D eigenvalue weighted by Gasteiger charge is -1.95. The first-order valence-corrected chi connectivity index (χ1v) is 4.17. The Morgan fingerprint density at radius 1 is 1.45 bits per heavy atom. The van der Waals surface area contributed by atoms with Crippen LogP contribution in [0.25, 0.3) is 6.08 Å². The van der Waals surface area contributed by atoms with E-state index in [4.69, 9.17) is 5.26 Å². The van der Waals surface area contributed by atoms with Crippen LogP contribution in [0.1, 0.15) is 11.1 Å². The second-order valence-corrected chi connectivity index (χ2v) is 3.33. The molecule has 0 radical (unpaired) electrons. The van der Waals surface area contributed by atoms with Gasteiger partial charge in [-0.2, -0.15) is 5.26 Å². The highest BCUT2D eigenvalue weighted by atomic mass is 127. The van der Waals surface area contributed by atoms with E-state index in [1.54, 1.807) is 6.08 Å². The van der Waals surface area contributed by atoms with Crippen LogP contribution in [-0.4, -0.2) is 0 Å². The Kier molecular flexibility index (Phi) is 2.66. The number of hydrogen-bond donors (Lipinski definition) is 0. The first kappa shape index (κ1) is 8.28. The second kappa shape index (κ2) is 3.54. The van der Waals surface area contributed by atoms with Crippen molar-refractivity contribution in [2.24, 2.45) is 0 Å². The van der Waals surface area contributed by atoms with Crippen LogP contribution in [0, 0.1) is 14.9 Å². The molecule has 11 heavy (non-hydrogen) atoms. The Bertz CT molecular complexity index is 323. The number of hydrogen-bond acceptors (Lipinski definition) is 1. The van der Waals surface area contributed by atoms with Crippen molar-refractivity contribution in [3.8, 4) is 6.07 Å². The van der Waals surface area contributed by atoms with Gasteiger partial charge >= 0.3 is 0 Å². The van der Waals surface area contributed by atoms with Crippen molar-refractivity contribution in [3.63, 3.8) is 0 Å². The van der Waals surface area contributed by atoms with Crippen LogP contribution in [0.5, 0.6) is 0 Å². The van der Waals surface area contributed by atoms with E-state index in [9.17, 15) is 0 Å². The molecule has 0 bridgehead atoms. The van der Waals surface area contributed by atoms with Gasteiger partial charge in [0, 0.05) is 3.57 Å². The lowest BCUT2D eigenvalue weighted by Crippen LogP contribution is -1.79. The summed E-state index contributed by atoms with van der Waals surface area (Å²) in [7, 11) is 0. The normalized spacial score (nSPS) is 8.73. The van der Waals surface area contributed by atoms with E-state index in [2.05, 4.69) is 35.2 Å². The zero-order chi connectivity index (χ0) is 8.27. The van der Waals surface area contributed by atoms with Crippen molar-refractivity contribution in [1.29, 1.82) is 5.26 Å². The molecule has 1 aromatic rings. The highest BCUT2D eigenvalue weighted by Crippen LogP contribution is 2.12. The summed E-state index contributed by atoms with van der Waals surface area (Å²) in [5, 5.41) is 8.59. The highest BCUT2D eigenvalue weighted by molar-refractivity contribution is 14.1. The maximum atomic E-state index is 8.59. The lowest BCUT2D eigenvalue weighted by molar-refractivity contribution is 1.47. The summed E-state index contributed by atoms with van der Waals surface area (Å²) in [4.78, 5) is 0. The van der Waals surface area contributed by atoms with Gasteiger partial charge in [-0.15, -0.1) is 0 Å². The van der Waals surface area contributed by atoms with Crippen molar-refractivity contribution in [2.45, 2.75) is 0 Å². The minimum absolute atomic E-state index is 0.687. The molecule has 0 spiro atoms. The summed E-state index contributed by atoms with van der Waals surface area (Å²) >= 11 is 2.18. The number of rotatable bonds is 1. The van der Waals surface area contributed by atoms with Gasteiger partial charge < -0.3 is 0 Å². The fraction of sp³-hybridized carbons (Fsp3) is 0. The maximum absolute atomic E-state index is 8.59. The fourth-order valence-electron chi connectivity index (χ4n) is 0.795. The van der Waals surface area contributed by atoms with Crippen LogP contribution in [0.4, 0.5) is 0 Å². The molecule has 0 aliphatic rings. The number of benzene rings is 1. The molecule has 1 rings (SSSR count). The van der Waals surface area contributed by atoms with E-state index in [0.29, 0.717) is 5.56 Å². The molecule has 0 saturated carbocycles. The molecule has 0 saturated heterocycles. The minimum Gasteiger partial charge on any atom is -0.192 e. The van der Waals surface area contributed by atoms with Gasteiger partial charge in [0.2, 0.25) is 0 Å². The van der Waals surface area contributed by atoms with E-state index in [0.717, 1.165) is 9.13 Å². The first-order valence-electron chi connectivity index (χ1n) is 3.09. The monoisotopic (exact) mass is 255 g/mol. The van der Waals surface area contributed by atoms with Crippen molar-refractivity contribution < 1.29 is 0 Å². The van der Waals surface area contributed by atoms with Gasteiger partial charge in [0.1, 0.15) is 0 Å². The molecule has 2 heteroatoms. The molecule has 0 aliphatic heterocycles. The van der Waals surface area contributed by atoms with E-state index in [-0.39, 0.29) is 0 Å². The van der Waals surface area contributed by atoms with Gasteiger partial charge in [-0.25, -0.2) is 0 Å². The molecule has 0 N–H and O–H groups in total. The molecule has 0 fully saturated rings. The molecule has 0 atom stereocenters. The third-order valence-electron chi connectivity index (χ3n) is 1.28. The molecule has 54 valence electrons. The summed E-state index contributed by atoms with van der Waals surface area (Å²) in [6, 6.07) is 7.73. The Labute approximate surface area is 79.5 Å². The van der Waals surface area contributed by atoms with Gasteiger partial charge in [-0.3, -0.25) is 0 Å². The van der Waals surface area contributed by atoms with E-state index >= 15 is 0 Å². The fourth-order valence-corrected chi connectivity index (χ4v) is 1.49. The van der Waals surface area contributed by atoms with Gasteiger partial charge in [0.05, 0.1) is 11.6 Å². The predicted octanol–water partition coefficient (Wildman–Crippen LogP) is 2.81. The standard InChI is InChI=1S/C9H6IN/c1-2-7-3-8(6-11)5-9(10)4-7/h2-5H,1H2. The average molecular weight is 255 g/mol. The predicted molar refractivity (Wildman–Crippen MR) is 54.0 cm³/mol. The van der Waals surface area contributed by atoms with Crippen LogP contribution < -0.4 is 0 Å². The quantitative estimate of drug-likeness (QED) is 0.708. The number of nitriles is 1. The number of nitrogens with zero attached hydrogens (tertiary/aromatic N) is 1. The van der Waals surface area contributed by atoms with Gasteiger partial charge in [0.15, 0.2) is 0 Å². The molecule has 0 unspecified atom stereocenters. The Morgan fingerprint density at radius 2 is 2.18 bits per heavy atom. The van der Waals surface area contributed by atoms with Gasteiger partial charge in [-0.1, -0.05) is 12.7 Å². The second-order valence-electron chi connectivity index (χ2n) is 2.09. The zero-order valence-electron chi connectivity index (χ0n) is 5.84. The van der Waals surface area contributed by atoms with Crippen LogP contribution >= 0.6 is 22.6 Å². The molecule has 1 aromatic carbocycles. The number of halogens is 1. The van der Waals surface area contributed by atoms with Crippen molar-refractivity contribution in [3.05, 3.63) is 39.5 Å². The molecular weight excluding hydrogens is 249 g/mol. The molecule has 0 aliphatic carbocycles. The van der Waals surface area contributed by atoms with Gasteiger partial charge in [-0.05, 0) is 46.4 Å². The summed E-state index contributed by atoms with van der Waals surface area (Å²) in [6.45, 7) is 3.63. The maximum Gasteiger partial charge on any atom is 0.0992 e. The summed E-state index contributed by atoms with van der Waals surface area (Å²) in [6.07, 6.45) is 1.74. The van der Waals surface area contributed by atoms with Crippen molar-refractivity contribution >= 4 is 28.7 Å². The smallest absolute Gasteiger partial charge is 0.0992 e. The summed E-state index contributed by atoms with van der Waals surface area (Å²) in [5.74, 6) is 0. The minimum atomic E-state index is 0.687. The third kappa shape index (κ3) is 2.05. The van der Waals surface area contributed by atoms with Crippen molar-refractivity contribution in [1.82, 2.24) is 0 Å². The molecule has 0 aromatic heterocycles. The Morgan fingerprint density at radius 3 is 2.73 bits per heavy atom. The topological polar surface area (TPSA) is 23.8 Å². The summed E-state index contributed by atoms with van der Waals surface area (Å²) < 4.78 is 1.07. The SMILES string of the molecule is C=Cc1cc(I)cc(C#N)c1. The first-order chi connectivity index (χ1) is 5.26. The van der Waals surface area contributed by atoms with Crippen LogP contribution in [-0.2, 0) is 0 Å². The van der Waals surface area contributed by atoms with Crippen LogP contribution in [0.3, 0.4) is 0 Å². The third-order valence-corrected chi connectivity index (χ3v) is 1.91. The lowest BCUT2D eigenvalue weighted by atomic mass is 10.1. The van der Waals surface area contributed by atoms with Gasteiger partial charge in [0.25, 0.3) is 0 Å². The molecular formula is C9H6IN. The summed E-state index contributed by atoms with van der Waals surface area (Å²) in [5.41, 5.74) is 1.68. The average Bonchev–Trinajstić information content (AvgIpc) is 2.03. The largest absolute Gasteiger partial charge is 0.192 e. The van der Waals surface area contributed by atoms with Crippen molar-refractivity contribution in [2.75, 3.05) is 0 Å². The molecule has 0 amide bonds. The molecule has 1 nitrogen and oxygen atoms in total. The van der Waals surface area contributed by atoms with Crippen LogP contribution in [0.2, 0.25) is 0 Å². The van der Waals surface area contributed by atoms with E-state index in [1.807, 2.05) is 18.2 Å². The van der Waals surface area contributed by atoms with E-state index in [1.165, 1.54) is 0 Å².